The first-order valence-electron chi connectivity index (χ1n) is 6.49. The van der Waals surface area contributed by atoms with E-state index in [1.54, 1.807) is 6.21 Å². The zero-order valence-corrected chi connectivity index (χ0v) is 11.2. The van der Waals surface area contributed by atoms with Gasteiger partial charge in [-0.2, -0.15) is 5.10 Å². The maximum atomic E-state index is 5.21. The Bertz CT molecular complexity index is 397. The highest BCUT2D eigenvalue weighted by Crippen LogP contribution is 2.17. The normalized spacial score (nSPS) is 16.7. The van der Waals surface area contributed by atoms with E-state index in [2.05, 4.69) is 15.8 Å². The van der Waals surface area contributed by atoms with Crippen LogP contribution in [-0.4, -0.2) is 17.4 Å². The highest BCUT2D eigenvalue weighted by atomic mass is 32.1. The van der Waals surface area contributed by atoms with E-state index in [0.717, 1.165) is 5.56 Å². The summed E-state index contributed by atoms with van der Waals surface area (Å²) >= 11 is 5.21. The molecular weight excluding hydrogens is 242 g/mol. The molecule has 0 atom stereocenters. The summed E-state index contributed by atoms with van der Waals surface area (Å²) in [6.45, 7) is 0. The quantitative estimate of drug-likeness (QED) is 0.499. The molecule has 1 aromatic rings. The van der Waals surface area contributed by atoms with Crippen LogP contribution in [0.2, 0.25) is 0 Å². The molecular formula is C14H19N3S. The molecule has 0 saturated heterocycles. The van der Waals surface area contributed by atoms with Gasteiger partial charge in [-0.05, 0) is 30.6 Å². The van der Waals surface area contributed by atoms with Gasteiger partial charge >= 0.3 is 0 Å². The fraction of sp³-hybridized carbons (Fsp3) is 0.429. The van der Waals surface area contributed by atoms with Gasteiger partial charge in [-0.3, -0.25) is 5.43 Å². The van der Waals surface area contributed by atoms with E-state index in [1.807, 2.05) is 30.3 Å². The van der Waals surface area contributed by atoms with E-state index in [4.69, 9.17) is 12.2 Å². The molecule has 0 aromatic heterocycles. The Morgan fingerprint density at radius 1 is 1.17 bits per heavy atom. The van der Waals surface area contributed by atoms with Gasteiger partial charge in [0.25, 0.3) is 0 Å². The zero-order valence-electron chi connectivity index (χ0n) is 10.4. The van der Waals surface area contributed by atoms with Crippen molar-refractivity contribution in [2.75, 3.05) is 0 Å². The molecule has 1 saturated carbocycles. The van der Waals surface area contributed by atoms with Crippen LogP contribution in [0, 0.1) is 0 Å². The molecule has 0 amide bonds. The predicted octanol–water partition coefficient (Wildman–Crippen LogP) is 2.82. The van der Waals surface area contributed by atoms with Crippen molar-refractivity contribution in [3.63, 3.8) is 0 Å². The summed E-state index contributed by atoms with van der Waals surface area (Å²) in [5.41, 5.74) is 3.93. The molecule has 0 aliphatic heterocycles. The average molecular weight is 261 g/mol. The lowest BCUT2D eigenvalue weighted by Crippen LogP contribution is -2.40. The zero-order chi connectivity index (χ0) is 12.6. The lowest BCUT2D eigenvalue weighted by Gasteiger charge is -2.23. The SMILES string of the molecule is S=C(N/N=C/c1ccccc1)NC1CCCCC1. The van der Waals surface area contributed by atoms with E-state index < -0.39 is 0 Å². The molecule has 2 rings (SSSR count). The van der Waals surface area contributed by atoms with E-state index in [0.29, 0.717) is 11.2 Å². The number of nitrogens with one attached hydrogen (secondary N) is 2. The summed E-state index contributed by atoms with van der Waals surface area (Å²) in [6.07, 6.45) is 8.15. The van der Waals surface area contributed by atoms with Gasteiger partial charge in [0.05, 0.1) is 6.21 Å². The molecule has 96 valence electrons. The Morgan fingerprint density at radius 2 is 1.89 bits per heavy atom. The van der Waals surface area contributed by atoms with Gasteiger partial charge in [0.2, 0.25) is 0 Å². The molecule has 1 aliphatic rings. The van der Waals surface area contributed by atoms with E-state index >= 15 is 0 Å². The third kappa shape index (κ3) is 4.45. The van der Waals surface area contributed by atoms with Gasteiger partial charge in [0, 0.05) is 6.04 Å². The Hall–Kier alpha value is -1.42. The molecule has 0 spiro atoms. The standard InChI is InChI=1S/C14H19N3S/c18-14(16-13-9-5-2-6-10-13)17-15-11-12-7-3-1-4-8-12/h1,3-4,7-8,11,13H,2,5-6,9-10H2,(H2,16,17,18)/b15-11+. The second-order valence-electron chi connectivity index (χ2n) is 4.59. The highest BCUT2D eigenvalue weighted by Gasteiger charge is 2.13. The van der Waals surface area contributed by atoms with Crippen LogP contribution in [-0.2, 0) is 0 Å². The fourth-order valence-corrected chi connectivity index (χ4v) is 2.39. The Labute approximate surface area is 114 Å². The number of hydrogen-bond donors (Lipinski definition) is 2. The van der Waals surface area contributed by atoms with E-state index in [9.17, 15) is 0 Å². The first kappa shape index (κ1) is 13.0. The van der Waals surface area contributed by atoms with Crippen molar-refractivity contribution in [3.05, 3.63) is 35.9 Å². The van der Waals surface area contributed by atoms with Gasteiger partial charge in [0.1, 0.15) is 0 Å². The van der Waals surface area contributed by atoms with Gasteiger partial charge < -0.3 is 5.32 Å². The summed E-state index contributed by atoms with van der Waals surface area (Å²) < 4.78 is 0. The maximum absolute atomic E-state index is 5.21. The van der Waals surface area contributed by atoms with Crippen LogP contribution in [0.25, 0.3) is 0 Å². The van der Waals surface area contributed by atoms with Gasteiger partial charge in [-0.1, -0.05) is 49.6 Å². The van der Waals surface area contributed by atoms with Crippen LogP contribution in [0.4, 0.5) is 0 Å². The number of hydrazone groups is 1. The highest BCUT2D eigenvalue weighted by molar-refractivity contribution is 7.80. The molecule has 4 heteroatoms. The lowest BCUT2D eigenvalue weighted by molar-refractivity contribution is 0.412. The van der Waals surface area contributed by atoms with Crippen molar-refractivity contribution >= 4 is 23.5 Å². The second kappa shape index (κ2) is 7.11. The maximum Gasteiger partial charge on any atom is 0.187 e. The Morgan fingerprint density at radius 3 is 2.61 bits per heavy atom. The molecule has 0 heterocycles. The number of nitrogens with zero attached hydrogens (tertiary/aromatic N) is 1. The van der Waals surface area contributed by atoms with Crippen molar-refractivity contribution in [3.8, 4) is 0 Å². The van der Waals surface area contributed by atoms with Crippen LogP contribution in [0.5, 0.6) is 0 Å². The number of thiocarbonyl (C=S) groups is 1. The minimum Gasteiger partial charge on any atom is -0.359 e. The molecule has 18 heavy (non-hydrogen) atoms. The van der Waals surface area contributed by atoms with Crippen molar-refractivity contribution in [2.45, 2.75) is 38.1 Å². The molecule has 0 radical (unpaired) electrons. The van der Waals surface area contributed by atoms with Crippen LogP contribution in [0.1, 0.15) is 37.7 Å². The van der Waals surface area contributed by atoms with Crippen molar-refractivity contribution in [2.24, 2.45) is 5.10 Å². The third-order valence-electron chi connectivity index (χ3n) is 3.12. The van der Waals surface area contributed by atoms with Gasteiger partial charge in [-0.15, -0.1) is 0 Å². The first-order chi connectivity index (χ1) is 8.84. The number of rotatable bonds is 3. The third-order valence-corrected chi connectivity index (χ3v) is 3.33. The molecule has 2 N–H and O–H groups in total. The first-order valence-corrected chi connectivity index (χ1v) is 6.90. The summed E-state index contributed by atoms with van der Waals surface area (Å²) in [6, 6.07) is 10.5. The number of benzene rings is 1. The van der Waals surface area contributed by atoms with Crippen molar-refractivity contribution < 1.29 is 0 Å². The summed E-state index contributed by atoms with van der Waals surface area (Å²) in [4.78, 5) is 0. The molecule has 1 aromatic carbocycles. The van der Waals surface area contributed by atoms with Gasteiger partial charge in [0.15, 0.2) is 5.11 Å². The van der Waals surface area contributed by atoms with Crippen LogP contribution < -0.4 is 10.7 Å². The number of hydrogen-bond acceptors (Lipinski definition) is 2. The molecule has 0 bridgehead atoms. The Kier molecular flexibility index (Phi) is 5.15. The second-order valence-corrected chi connectivity index (χ2v) is 5.00. The molecule has 1 aliphatic carbocycles. The van der Waals surface area contributed by atoms with Crippen molar-refractivity contribution in [1.82, 2.24) is 10.7 Å². The van der Waals surface area contributed by atoms with E-state index in [-0.39, 0.29) is 0 Å². The van der Waals surface area contributed by atoms with Crippen molar-refractivity contribution in [1.29, 1.82) is 0 Å². The van der Waals surface area contributed by atoms with Crippen LogP contribution in [0.3, 0.4) is 0 Å². The van der Waals surface area contributed by atoms with Crippen LogP contribution >= 0.6 is 12.2 Å². The molecule has 3 nitrogen and oxygen atoms in total. The summed E-state index contributed by atoms with van der Waals surface area (Å²) in [5, 5.41) is 8.06. The van der Waals surface area contributed by atoms with Crippen LogP contribution in [0.15, 0.2) is 35.4 Å². The lowest BCUT2D eigenvalue weighted by atomic mass is 9.96. The van der Waals surface area contributed by atoms with Gasteiger partial charge in [-0.25, -0.2) is 0 Å². The minimum absolute atomic E-state index is 0.519. The summed E-state index contributed by atoms with van der Waals surface area (Å²) in [7, 11) is 0. The predicted molar refractivity (Wildman–Crippen MR) is 79.8 cm³/mol. The average Bonchev–Trinajstić information content (AvgIpc) is 2.41. The monoisotopic (exact) mass is 261 g/mol. The van der Waals surface area contributed by atoms with E-state index in [1.165, 1.54) is 32.1 Å². The minimum atomic E-state index is 0.519. The fourth-order valence-electron chi connectivity index (χ4n) is 2.17. The topological polar surface area (TPSA) is 36.4 Å². The Balaban J connectivity index is 1.72. The summed E-state index contributed by atoms with van der Waals surface area (Å²) in [5.74, 6) is 0. The molecule has 1 fully saturated rings. The molecule has 0 unspecified atom stereocenters. The smallest absolute Gasteiger partial charge is 0.187 e. The largest absolute Gasteiger partial charge is 0.359 e.